The number of aromatic nitrogens is 1. The molecule has 0 aliphatic carbocycles. The van der Waals surface area contributed by atoms with Gasteiger partial charge >= 0.3 is 11.5 Å². The Morgan fingerprint density at radius 2 is 1.56 bits per heavy atom. The predicted octanol–water partition coefficient (Wildman–Crippen LogP) is 4.81. The first kappa shape index (κ1) is 26.2. The molecule has 0 spiro atoms. The summed E-state index contributed by atoms with van der Waals surface area (Å²) in [4.78, 5) is 32.7. The maximum Gasteiger partial charge on any atom is 0.501 e. The Bertz CT molecular complexity index is 1670. The van der Waals surface area contributed by atoms with Crippen molar-refractivity contribution < 1.29 is 36.3 Å². The topological polar surface area (TPSA) is 108 Å². The van der Waals surface area contributed by atoms with Gasteiger partial charge in [-0.1, -0.05) is 30.3 Å². The number of carbonyl (C=O) groups is 2. The van der Waals surface area contributed by atoms with Crippen LogP contribution in [0.15, 0.2) is 90.0 Å². The highest BCUT2D eigenvalue weighted by atomic mass is 32.2. The standard InChI is InChI=1S/C27H20F3N3O5S/c28-27(29,30)39(37,38)21-11-7-19(8-12-21)33-25(35)24(15-17-5-9-20(34)10-6-17)32(26(33)36)16-18-13-14-31-23-4-2-1-3-22(18)23/h1-14,24,34H,15-16H2. The molecule has 1 aromatic heterocycles. The van der Waals surface area contributed by atoms with E-state index in [0.717, 1.165) is 28.0 Å². The molecular weight excluding hydrogens is 535 g/mol. The summed E-state index contributed by atoms with van der Waals surface area (Å²) in [7, 11) is -5.60. The number of benzene rings is 3. The van der Waals surface area contributed by atoms with Crippen LogP contribution in [0.1, 0.15) is 11.1 Å². The Labute approximate surface area is 220 Å². The average Bonchev–Trinajstić information content (AvgIpc) is 3.13. The lowest BCUT2D eigenvalue weighted by Crippen LogP contribution is -2.36. The number of phenolic OH excluding ortho intramolecular Hbond substituents is 1. The van der Waals surface area contributed by atoms with E-state index in [2.05, 4.69) is 4.98 Å². The fraction of sp³-hybridized carbons (Fsp3) is 0.148. The minimum atomic E-state index is -5.60. The van der Waals surface area contributed by atoms with Crippen LogP contribution in [0.2, 0.25) is 0 Å². The third-order valence-electron chi connectivity index (χ3n) is 6.47. The number of anilines is 1. The van der Waals surface area contributed by atoms with Gasteiger partial charge in [0.15, 0.2) is 0 Å². The molecule has 200 valence electrons. The van der Waals surface area contributed by atoms with Crippen molar-refractivity contribution in [1.82, 2.24) is 9.88 Å². The van der Waals surface area contributed by atoms with E-state index >= 15 is 0 Å². The van der Waals surface area contributed by atoms with Crippen molar-refractivity contribution in [3.8, 4) is 5.75 Å². The monoisotopic (exact) mass is 555 g/mol. The second-order valence-corrected chi connectivity index (χ2v) is 10.8. The summed E-state index contributed by atoms with van der Waals surface area (Å²) in [6.45, 7) is 0.0351. The van der Waals surface area contributed by atoms with Crippen molar-refractivity contribution in [3.63, 3.8) is 0 Å². The fourth-order valence-electron chi connectivity index (χ4n) is 4.49. The third kappa shape index (κ3) is 4.78. The van der Waals surface area contributed by atoms with Crippen molar-refractivity contribution in [1.29, 1.82) is 0 Å². The van der Waals surface area contributed by atoms with Gasteiger partial charge in [-0.25, -0.2) is 18.1 Å². The predicted molar refractivity (Wildman–Crippen MR) is 135 cm³/mol. The van der Waals surface area contributed by atoms with E-state index < -0.39 is 38.2 Å². The summed E-state index contributed by atoms with van der Waals surface area (Å²) in [6, 6.07) is 16.9. The van der Waals surface area contributed by atoms with E-state index in [1.807, 2.05) is 24.3 Å². The maximum atomic E-state index is 13.6. The molecule has 8 nitrogen and oxygen atoms in total. The number of para-hydroxylation sites is 1. The number of rotatable bonds is 6. The Morgan fingerprint density at radius 3 is 2.23 bits per heavy atom. The number of halogens is 3. The molecular formula is C27H20F3N3O5S. The number of carbonyl (C=O) groups excluding carboxylic acids is 2. The van der Waals surface area contributed by atoms with Gasteiger partial charge in [0, 0.05) is 24.5 Å². The minimum absolute atomic E-state index is 0.0308. The van der Waals surface area contributed by atoms with Crippen LogP contribution in [0.3, 0.4) is 0 Å². The number of pyridine rings is 1. The fourth-order valence-corrected chi connectivity index (χ4v) is 5.25. The first-order valence-electron chi connectivity index (χ1n) is 11.6. The number of alkyl halides is 3. The number of sulfone groups is 1. The lowest BCUT2D eigenvalue weighted by molar-refractivity contribution is -0.119. The number of amides is 3. The van der Waals surface area contributed by atoms with Crippen molar-refractivity contribution in [2.75, 3.05) is 4.90 Å². The van der Waals surface area contributed by atoms with Crippen LogP contribution in [0.4, 0.5) is 23.7 Å². The van der Waals surface area contributed by atoms with E-state index in [0.29, 0.717) is 23.2 Å². The molecule has 1 atom stereocenters. The average molecular weight is 556 g/mol. The number of aromatic hydroxyl groups is 1. The largest absolute Gasteiger partial charge is 0.508 e. The molecule has 1 aliphatic rings. The number of hydrogen-bond acceptors (Lipinski definition) is 6. The Morgan fingerprint density at radius 1 is 0.897 bits per heavy atom. The summed E-state index contributed by atoms with van der Waals surface area (Å²) >= 11 is 0. The summed E-state index contributed by atoms with van der Waals surface area (Å²) < 4.78 is 62.4. The van der Waals surface area contributed by atoms with E-state index in [9.17, 15) is 36.3 Å². The van der Waals surface area contributed by atoms with E-state index in [4.69, 9.17) is 0 Å². The smallest absolute Gasteiger partial charge is 0.501 e. The minimum Gasteiger partial charge on any atom is -0.508 e. The second-order valence-electron chi connectivity index (χ2n) is 8.90. The van der Waals surface area contributed by atoms with Crippen LogP contribution in [0, 0.1) is 0 Å². The second kappa shape index (κ2) is 9.70. The molecule has 4 aromatic rings. The number of imide groups is 1. The molecule has 1 saturated heterocycles. The first-order valence-corrected chi connectivity index (χ1v) is 13.1. The van der Waals surface area contributed by atoms with Crippen LogP contribution < -0.4 is 4.90 Å². The molecule has 1 aliphatic heterocycles. The van der Waals surface area contributed by atoms with Gasteiger partial charge in [-0.3, -0.25) is 9.78 Å². The Hall–Kier alpha value is -4.45. The van der Waals surface area contributed by atoms with Crippen LogP contribution >= 0.6 is 0 Å². The van der Waals surface area contributed by atoms with E-state index in [1.165, 1.54) is 17.0 Å². The number of hydrogen-bond donors (Lipinski definition) is 1. The lowest BCUT2D eigenvalue weighted by atomic mass is 10.0. The molecule has 1 fully saturated rings. The molecule has 3 aromatic carbocycles. The summed E-state index contributed by atoms with van der Waals surface area (Å²) in [5.41, 5.74) is -3.47. The molecule has 1 N–H and O–H groups in total. The molecule has 5 rings (SSSR count). The summed E-state index contributed by atoms with van der Waals surface area (Å²) in [6.07, 6.45) is 1.69. The molecule has 1 unspecified atom stereocenters. The Kier molecular flexibility index (Phi) is 6.51. The lowest BCUT2D eigenvalue weighted by Gasteiger charge is -2.23. The molecule has 12 heteroatoms. The highest BCUT2D eigenvalue weighted by molar-refractivity contribution is 7.92. The van der Waals surface area contributed by atoms with E-state index in [1.54, 1.807) is 24.4 Å². The van der Waals surface area contributed by atoms with Crippen molar-refractivity contribution >= 4 is 38.4 Å². The van der Waals surface area contributed by atoms with Gasteiger partial charge in [0.25, 0.3) is 15.7 Å². The first-order chi connectivity index (χ1) is 18.5. The third-order valence-corrected chi connectivity index (χ3v) is 7.98. The van der Waals surface area contributed by atoms with E-state index in [-0.39, 0.29) is 24.4 Å². The van der Waals surface area contributed by atoms with Crippen LogP contribution in [-0.4, -0.2) is 46.9 Å². The number of fused-ring (bicyclic) bond motifs is 1. The Balaban J connectivity index is 1.52. The maximum absolute atomic E-state index is 13.6. The highest BCUT2D eigenvalue weighted by Gasteiger charge is 2.48. The molecule has 0 bridgehead atoms. The zero-order chi connectivity index (χ0) is 27.9. The van der Waals surface area contributed by atoms with Gasteiger partial charge in [-0.2, -0.15) is 13.2 Å². The van der Waals surface area contributed by atoms with Crippen molar-refractivity contribution in [2.24, 2.45) is 0 Å². The van der Waals surface area contributed by atoms with Gasteiger partial charge in [0.1, 0.15) is 11.8 Å². The highest BCUT2D eigenvalue weighted by Crippen LogP contribution is 2.34. The van der Waals surface area contributed by atoms with Crippen LogP contribution in [-0.2, 0) is 27.6 Å². The molecule has 2 heterocycles. The normalized spacial score (nSPS) is 16.3. The molecule has 39 heavy (non-hydrogen) atoms. The van der Waals surface area contributed by atoms with Crippen LogP contribution in [0.5, 0.6) is 5.75 Å². The van der Waals surface area contributed by atoms with Gasteiger partial charge in [0.05, 0.1) is 16.1 Å². The number of nitrogens with zero attached hydrogens (tertiary/aromatic N) is 3. The SMILES string of the molecule is O=C1C(Cc2ccc(O)cc2)N(Cc2ccnc3ccccc23)C(=O)N1c1ccc(S(=O)(=O)C(F)(F)F)cc1. The number of urea groups is 1. The zero-order valence-electron chi connectivity index (χ0n) is 20.0. The molecule has 0 saturated carbocycles. The molecule has 3 amide bonds. The summed E-state index contributed by atoms with van der Waals surface area (Å²) in [5.74, 6) is -0.596. The van der Waals surface area contributed by atoms with Gasteiger partial charge in [-0.05, 0) is 59.7 Å². The zero-order valence-corrected chi connectivity index (χ0v) is 20.9. The van der Waals surface area contributed by atoms with Crippen molar-refractivity contribution in [2.45, 2.75) is 29.4 Å². The molecule has 0 radical (unpaired) electrons. The van der Waals surface area contributed by atoms with Crippen LogP contribution in [0.25, 0.3) is 10.9 Å². The van der Waals surface area contributed by atoms with Gasteiger partial charge in [-0.15, -0.1) is 0 Å². The van der Waals surface area contributed by atoms with Crippen molar-refractivity contribution in [3.05, 3.63) is 96.2 Å². The quantitative estimate of drug-likeness (QED) is 0.342. The van der Waals surface area contributed by atoms with Gasteiger partial charge in [0.2, 0.25) is 0 Å². The number of phenols is 1. The van der Waals surface area contributed by atoms with Gasteiger partial charge < -0.3 is 10.0 Å². The summed E-state index contributed by atoms with van der Waals surface area (Å²) in [5, 5.41) is 10.4.